The van der Waals surface area contributed by atoms with Crippen molar-refractivity contribution in [3.8, 4) is 0 Å². The first-order valence-corrected chi connectivity index (χ1v) is 6.76. The minimum atomic E-state index is -0.266. The summed E-state index contributed by atoms with van der Waals surface area (Å²) in [5, 5.41) is 0. The number of alkyl halides is 1. The first-order valence-electron chi connectivity index (χ1n) is 6.23. The van der Waals surface area contributed by atoms with Gasteiger partial charge < -0.3 is 14.4 Å². The number of halogens is 2. The van der Waals surface area contributed by atoms with Gasteiger partial charge in [0.05, 0.1) is 18.9 Å². The fourth-order valence-corrected chi connectivity index (χ4v) is 2.13. The maximum atomic E-state index is 14.1. The molecule has 0 aromatic heterocycles. The predicted molar refractivity (Wildman–Crippen MR) is 76.5 cm³/mol. The van der Waals surface area contributed by atoms with E-state index in [-0.39, 0.29) is 11.9 Å². The largest absolute Gasteiger partial charge is 0.383 e. The molecule has 0 radical (unpaired) electrons. The van der Waals surface area contributed by atoms with E-state index in [1.165, 1.54) is 6.07 Å². The van der Waals surface area contributed by atoms with E-state index in [0.29, 0.717) is 31.3 Å². The Labute approximate surface area is 119 Å². The summed E-state index contributed by atoms with van der Waals surface area (Å²) >= 11 is 5.71. The fourth-order valence-electron chi connectivity index (χ4n) is 1.97. The molecule has 0 aliphatic heterocycles. The number of ether oxygens (including phenoxy) is 2. The van der Waals surface area contributed by atoms with Gasteiger partial charge in [0, 0.05) is 32.7 Å². The maximum Gasteiger partial charge on any atom is 0.146 e. The van der Waals surface area contributed by atoms with E-state index in [1.54, 1.807) is 20.3 Å². The molecule has 0 spiro atoms. The van der Waals surface area contributed by atoms with Crippen molar-refractivity contribution in [2.45, 2.75) is 18.8 Å². The van der Waals surface area contributed by atoms with Crippen molar-refractivity contribution in [1.82, 2.24) is 0 Å². The highest BCUT2D eigenvalue weighted by atomic mass is 35.5. The van der Waals surface area contributed by atoms with Gasteiger partial charge >= 0.3 is 0 Å². The third kappa shape index (κ3) is 4.64. The molecule has 0 heterocycles. The standard InChI is InChI=1S/C14H21ClFNO2/c1-11(10-19-3)17(6-7-18-2)14-5-4-12(9-15)8-13(14)16/h4-5,8,11H,6-7,9-10H2,1-3H3. The van der Waals surface area contributed by atoms with Crippen molar-refractivity contribution in [2.24, 2.45) is 0 Å². The topological polar surface area (TPSA) is 21.7 Å². The van der Waals surface area contributed by atoms with Crippen LogP contribution in [-0.2, 0) is 15.4 Å². The molecule has 1 atom stereocenters. The summed E-state index contributed by atoms with van der Waals surface area (Å²) in [6.07, 6.45) is 0. The highest BCUT2D eigenvalue weighted by Crippen LogP contribution is 2.23. The Morgan fingerprint density at radius 1 is 1.32 bits per heavy atom. The van der Waals surface area contributed by atoms with Crippen LogP contribution in [0.2, 0.25) is 0 Å². The van der Waals surface area contributed by atoms with Crippen molar-refractivity contribution < 1.29 is 13.9 Å². The third-order valence-corrected chi connectivity index (χ3v) is 3.26. The van der Waals surface area contributed by atoms with Gasteiger partial charge in [-0.1, -0.05) is 6.07 Å². The molecule has 3 nitrogen and oxygen atoms in total. The smallest absolute Gasteiger partial charge is 0.146 e. The number of hydrogen-bond acceptors (Lipinski definition) is 3. The van der Waals surface area contributed by atoms with Crippen molar-refractivity contribution >= 4 is 17.3 Å². The molecule has 5 heteroatoms. The van der Waals surface area contributed by atoms with Crippen LogP contribution in [0.5, 0.6) is 0 Å². The minimum absolute atomic E-state index is 0.0662. The van der Waals surface area contributed by atoms with E-state index in [2.05, 4.69) is 0 Å². The van der Waals surface area contributed by atoms with Gasteiger partial charge in [0.2, 0.25) is 0 Å². The van der Waals surface area contributed by atoms with Crippen LogP contribution in [0.1, 0.15) is 12.5 Å². The fraction of sp³-hybridized carbons (Fsp3) is 0.571. The highest BCUT2D eigenvalue weighted by Gasteiger charge is 2.18. The Bertz CT molecular complexity index is 390. The zero-order chi connectivity index (χ0) is 14.3. The molecule has 1 aromatic carbocycles. The normalized spacial score (nSPS) is 12.5. The second-order valence-electron chi connectivity index (χ2n) is 4.41. The average molecular weight is 290 g/mol. The van der Waals surface area contributed by atoms with Gasteiger partial charge in [-0.25, -0.2) is 4.39 Å². The predicted octanol–water partition coefficient (Wildman–Crippen LogP) is 3.05. The van der Waals surface area contributed by atoms with Crippen LogP contribution in [0.3, 0.4) is 0 Å². The van der Waals surface area contributed by atoms with E-state index in [1.807, 2.05) is 17.9 Å². The number of benzene rings is 1. The molecule has 108 valence electrons. The maximum absolute atomic E-state index is 14.1. The first-order chi connectivity index (χ1) is 9.13. The SMILES string of the molecule is COCCN(c1ccc(CCl)cc1F)C(C)COC. The molecule has 0 amide bonds. The summed E-state index contributed by atoms with van der Waals surface area (Å²) in [6.45, 7) is 3.66. The summed E-state index contributed by atoms with van der Waals surface area (Å²) in [4.78, 5) is 1.94. The number of hydrogen-bond donors (Lipinski definition) is 0. The molecular formula is C14H21ClFNO2. The second-order valence-corrected chi connectivity index (χ2v) is 4.68. The summed E-state index contributed by atoms with van der Waals surface area (Å²) in [7, 11) is 3.27. The van der Waals surface area contributed by atoms with Gasteiger partial charge in [-0.3, -0.25) is 0 Å². The summed E-state index contributed by atoms with van der Waals surface area (Å²) in [5.41, 5.74) is 1.32. The number of rotatable bonds is 8. The Balaban J connectivity index is 2.95. The first kappa shape index (κ1) is 16.2. The monoisotopic (exact) mass is 289 g/mol. The molecule has 1 rings (SSSR count). The molecule has 0 N–H and O–H groups in total. The number of anilines is 1. The van der Waals surface area contributed by atoms with Crippen molar-refractivity contribution in [3.05, 3.63) is 29.6 Å². The average Bonchev–Trinajstić information content (AvgIpc) is 2.40. The van der Waals surface area contributed by atoms with E-state index in [0.717, 1.165) is 5.56 Å². The molecule has 1 aromatic rings. The van der Waals surface area contributed by atoms with Gasteiger partial charge in [-0.05, 0) is 24.6 Å². The lowest BCUT2D eigenvalue weighted by Crippen LogP contribution is -2.39. The molecule has 0 fully saturated rings. The Morgan fingerprint density at radius 2 is 2.05 bits per heavy atom. The van der Waals surface area contributed by atoms with E-state index in [4.69, 9.17) is 21.1 Å². The zero-order valence-electron chi connectivity index (χ0n) is 11.7. The van der Waals surface area contributed by atoms with Gasteiger partial charge in [0.1, 0.15) is 5.82 Å². The van der Waals surface area contributed by atoms with Crippen LogP contribution < -0.4 is 4.90 Å². The second kappa shape index (κ2) is 8.35. The molecule has 19 heavy (non-hydrogen) atoms. The zero-order valence-corrected chi connectivity index (χ0v) is 12.4. The molecule has 0 aliphatic rings. The molecule has 0 bridgehead atoms. The molecule has 0 saturated heterocycles. The van der Waals surface area contributed by atoms with Gasteiger partial charge in [-0.2, -0.15) is 0 Å². The summed E-state index contributed by atoms with van der Waals surface area (Å²) in [5.74, 6) is 0.0420. The number of nitrogens with zero attached hydrogens (tertiary/aromatic N) is 1. The Hall–Kier alpha value is -0.840. The Kier molecular flexibility index (Phi) is 7.13. The van der Waals surface area contributed by atoms with Crippen LogP contribution in [0, 0.1) is 5.82 Å². The number of methoxy groups -OCH3 is 2. The quantitative estimate of drug-likeness (QED) is 0.687. The summed E-state index contributed by atoms with van der Waals surface area (Å²) in [6, 6.07) is 5.14. The van der Waals surface area contributed by atoms with Crippen molar-refractivity contribution in [2.75, 3.05) is 38.9 Å². The van der Waals surface area contributed by atoms with Gasteiger partial charge in [0.25, 0.3) is 0 Å². The Morgan fingerprint density at radius 3 is 2.58 bits per heavy atom. The van der Waals surface area contributed by atoms with Crippen LogP contribution in [0.4, 0.5) is 10.1 Å². The van der Waals surface area contributed by atoms with Crippen molar-refractivity contribution in [1.29, 1.82) is 0 Å². The van der Waals surface area contributed by atoms with Crippen LogP contribution >= 0.6 is 11.6 Å². The van der Waals surface area contributed by atoms with Crippen LogP contribution in [0.15, 0.2) is 18.2 Å². The van der Waals surface area contributed by atoms with Crippen molar-refractivity contribution in [3.63, 3.8) is 0 Å². The third-order valence-electron chi connectivity index (χ3n) is 2.95. The van der Waals surface area contributed by atoms with Crippen LogP contribution in [-0.4, -0.2) is 40.0 Å². The van der Waals surface area contributed by atoms with Crippen LogP contribution in [0.25, 0.3) is 0 Å². The van der Waals surface area contributed by atoms with E-state index < -0.39 is 0 Å². The molecule has 1 unspecified atom stereocenters. The van der Waals surface area contributed by atoms with Gasteiger partial charge in [-0.15, -0.1) is 11.6 Å². The molecular weight excluding hydrogens is 269 g/mol. The lowest BCUT2D eigenvalue weighted by Gasteiger charge is -2.31. The minimum Gasteiger partial charge on any atom is -0.383 e. The highest BCUT2D eigenvalue weighted by molar-refractivity contribution is 6.17. The lowest BCUT2D eigenvalue weighted by molar-refractivity contribution is 0.170. The molecule has 0 saturated carbocycles. The van der Waals surface area contributed by atoms with Gasteiger partial charge in [0.15, 0.2) is 0 Å². The van der Waals surface area contributed by atoms with E-state index >= 15 is 0 Å². The molecule has 0 aliphatic carbocycles. The lowest BCUT2D eigenvalue weighted by atomic mass is 10.1. The van der Waals surface area contributed by atoms with E-state index in [9.17, 15) is 4.39 Å². The summed E-state index contributed by atoms with van der Waals surface area (Å²) < 4.78 is 24.4.